The fraction of sp³-hybridized carbons (Fsp3) is 0.111. The maximum Gasteiger partial charge on any atom is 0.231 e. The van der Waals surface area contributed by atoms with E-state index in [9.17, 15) is 9.59 Å². The first-order chi connectivity index (χ1) is 6.20. The zero-order valence-corrected chi connectivity index (χ0v) is 6.70. The van der Waals surface area contributed by atoms with Crippen molar-refractivity contribution in [1.82, 2.24) is 4.98 Å². The molecule has 1 aliphatic carbocycles. The number of rotatable bonds is 0. The smallest absolute Gasteiger partial charge is 0.231 e. The number of carbonyl (C=O) groups excluding carboxylic acids is 2. The normalized spacial score (nSPS) is 15.8. The highest BCUT2D eigenvalue weighted by molar-refractivity contribution is 6.50. The van der Waals surface area contributed by atoms with E-state index < -0.39 is 11.6 Å². The van der Waals surface area contributed by atoms with Gasteiger partial charge >= 0.3 is 0 Å². The number of fused-ring (bicyclic) bond motifs is 1. The molecule has 1 N–H and O–H groups in total. The Kier molecular flexibility index (Phi) is 1.55. The fourth-order valence-corrected chi connectivity index (χ4v) is 1.30. The molecule has 2 rings (SSSR count). The van der Waals surface area contributed by atoms with Gasteiger partial charge in [-0.25, -0.2) is 0 Å². The lowest BCUT2D eigenvalue weighted by Gasteiger charge is -2.12. The van der Waals surface area contributed by atoms with Crippen LogP contribution in [0.3, 0.4) is 0 Å². The van der Waals surface area contributed by atoms with Gasteiger partial charge in [0.15, 0.2) is 0 Å². The molecule has 0 radical (unpaired) electrons. The summed E-state index contributed by atoms with van der Waals surface area (Å²) in [5.74, 6) is -1.05. The zero-order chi connectivity index (χ0) is 9.42. The first-order valence-electron chi connectivity index (χ1n) is 3.80. The van der Waals surface area contributed by atoms with Crippen LogP contribution in [0.1, 0.15) is 22.5 Å². The predicted octanol–water partition coefficient (Wildman–Crippen LogP) is 0.605. The van der Waals surface area contributed by atoms with Gasteiger partial charge in [-0.05, 0) is 12.1 Å². The van der Waals surface area contributed by atoms with Crippen LogP contribution in [0.5, 0.6) is 0 Å². The van der Waals surface area contributed by atoms with Crippen LogP contribution in [0, 0.1) is 5.41 Å². The van der Waals surface area contributed by atoms with Gasteiger partial charge in [0.05, 0.1) is 23.4 Å². The third kappa shape index (κ3) is 1.07. The van der Waals surface area contributed by atoms with Gasteiger partial charge in [0, 0.05) is 6.20 Å². The first kappa shape index (κ1) is 7.79. The third-order valence-electron chi connectivity index (χ3n) is 1.93. The van der Waals surface area contributed by atoms with Crippen LogP contribution in [0.15, 0.2) is 18.3 Å². The van der Waals surface area contributed by atoms with Crippen molar-refractivity contribution in [3.8, 4) is 0 Å². The minimum atomic E-state index is -0.529. The van der Waals surface area contributed by atoms with Crippen LogP contribution < -0.4 is 0 Å². The second-order valence-electron chi connectivity index (χ2n) is 2.81. The molecule has 13 heavy (non-hydrogen) atoms. The molecule has 4 heteroatoms. The van der Waals surface area contributed by atoms with Gasteiger partial charge in [-0.15, -0.1) is 0 Å². The molecule has 1 heterocycles. The van der Waals surface area contributed by atoms with Crippen LogP contribution in [-0.4, -0.2) is 22.3 Å². The fourth-order valence-electron chi connectivity index (χ4n) is 1.30. The molecule has 1 aliphatic rings. The summed E-state index contributed by atoms with van der Waals surface area (Å²) in [5, 5.41) is 7.46. The van der Waals surface area contributed by atoms with E-state index in [2.05, 4.69) is 4.98 Å². The molecule has 0 saturated heterocycles. The second-order valence-corrected chi connectivity index (χ2v) is 2.81. The Morgan fingerprint density at radius 1 is 1.38 bits per heavy atom. The van der Waals surface area contributed by atoms with Crippen molar-refractivity contribution in [2.24, 2.45) is 0 Å². The van der Waals surface area contributed by atoms with E-state index in [-0.39, 0.29) is 17.7 Å². The Labute approximate surface area is 74.1 Å². The van der Waals surface area contributed by atoms with E-state index in [1.807, 2.05) is 0 Å². The maximum atomic E-state index is 11.3. The number of hydrogen-bond donors (Lipinski definition) is 1. The molecule has 0 atom stereocenters. The van der Waals surface area contributed by atoms with E-state index in [1.54, 1.807) is 6.07 Å². The number of nitrogens with one attached hydrogen (secondary N) is 1. The number of aromatic nitrogens is 1. The Morgan fingerprint density at radius 2 is 2.15 bits per heavy atom. The highest BCUT2D eigenvalue weighted by Gasteiger charge is 2.28. The van der Waals surface area contributed by atoms with Crippen molar-refractivity contribution in [1.29, 1.82) is 5.41 Å². The van der Waals surface area contributed by atoms with Crippen LogP contribution in [0.25, 0.3) is 0 Å². The van der Waals surface area contributed by atoms with E-state index >= 15 is 0 Å². The van der Waals surface area contributed by atoms with Crippen molar-refractivity contribution in [2.75, 3.05) is 0 Å². The van der Waals surface area contributed by atoms with Crippen LogP contribution in [0.4, 0.5) is 0 Å². The van der Waals surface area contributed by atoms with Crippen LogP contribution in [0.2, 0.25) is 0 Å². The Morgan fingerprint density at radius 3 is 2.92 bits per heavy atom. The van der Waals surface area contributed by atoms with Gasteiger partial charge in [-0.1, -0.05) is 0 Å². The van der Waals surface area contributed by atoms with Crippen LogP contribution >= 0.6 is 0 Å². The standard InChI is InChI=1S/C9H6N2O2/c10-6-4-7(12)9(13)5-2-1-3-11-8(5)6/h1-3,10H,4H2. The molecular formula is C9H6N2O2. The average molecular weight is 174 g/mol. The molecule has 0 unspecified atom stereocenters. The number of pyridine rings is 1. The quantitative estimate of drug-likeness (QED) is 0.585. The van der Waals surface area contributed by atoms with E-state index in [0.717, 1.165) is 0 Å². The summed E-state index contributed by atoms with van der Waals surface area (Å²) in [7, 11) is 0. The Hall–Kier alpha value is -1.84. The number of hydrogen-bond acceptors (Lipinski definition) is 4. The van der Waals surface area contributed by atoms with Crippen LogP contribution in [-0.2, 0) is 4.79 Å². The van der Waals surface area contributed by atoms with Gasteiger partial charge in [-0.3, -0.25) is 14.6 Å². The highest BCUT2D eigenvalue weighted by Crippen LogP contribution is 2.15. The lowest BCUT2D eigenvalue weighted by Crippen LogP contribution is -2.27. The molecule has 0 fully saturated rings. The molecular weight excluding hydrogens is 168 g/mol. The van der Waals surface area contributed by atoms with E-state index in [0.29, 0.717) is 5.69 Å². The number of nitrogens with zero attached hydrogens (tertiary/aromatic N) is 1. The van der Waals surface area contributed by atoms with Gasteiger partial charge in [0.25, 0.3) is 0 Å². The molecule has 0 aliphatic heterocycles. The minimum absolute atomic E-state index is 0.122. The molecule has 1 aromatic heterocycles. The van der Waals surface area contributed by atoms with Crippen molar-refractivity contribution >= 4 is 17.3 Å². The van der Waals surface area contributed by atoms with Crippen molar-refractivity contribution in [3.05, 3.63) is 29.6 Å². The summed E-state index contributed by atoms with van der Waals surface area (Å²) in [6.45, 7) is 0. The molecule has 0 saturated carbocycles. The lowest BCUT2D eigenvalue weighted by atomic mass is 9.92. The summed E-state index contributed by atoms with van der Waals surface area (Å²) in [6.07, 6.45) is 1.39. The van der Waals surface area contributed by atoms with Gasteiger partial charge < -0.3 is 5.41 Å². The van der Waals surface area contributed by atoms with E-state index in [4.69, 9.17) is 5.41 Å². The first-order valence-corrected chi connectivity index (χ1v) is 3.80. The highest BCUT2D eigenvalue weighted by atomic mass is 16.2. The van der Waals surface area contributed by atoms with Gasteiger partial charge in [-0.2, -0.15) is 0 Å². The average Bonchev–Trinajstić information content (AvgIpc) is 2.15. The predicted molar refractivity (Wildman–Crippen MR) is 45.0 cm³/mol. The maximum absolute atomic E-state index is 11.3. The largest absolute Gasteiger partial charge is 0.303 e. The zero-order valence-electron chi connectivity index (χ0n) is 6.70. The number of Topliss-reactive ketones (excluding diaryl/α,β-unsaturated/α-hetero) is 2. The Balaban J connectivity index is 2.67. The van der Waals surface area contributed by atoms with Gasteiger partial charge in [0.1, 0.15) is 0 Å². The van der Waals surface area contributed by atoms with Crippen molar-refractivity contribution < 1.29 is 9.59 Å². The molecule has 4 nitrogen and oxygen atoms in total. The molecule has 0 bridgehead atoms. The van der Waals surface area contributed by atoms with Crippen molar-refractivity contribution in [2.45, 2.75) is 6.42 Å². The minimum Gasteiger partial charge on any atom is -0.303 e. The molecule has 64 valence electrons. The third-order valence-corrected chi connectivity index (χ3v) is 1.93. The number of ketones is 2. The topological polar surface area (TPSA) is 70.9 Å². The van der Waals surface area contributed by atoms with Gasteiger partial charge in [0.2, 0.25) is 11.6 Å². The summed E-state index contributed by atoms with van der Waals surface area (Å²) >= 11 is 0. The lowest BCUT2D eigenvalue weighted by molar-refractivity contribution is -0.114. The number of carbonyl (C=O) groups is 2. The molecule has 0 amide bonds. The summed E-state index contributed by atoms with van der Waals surface area (Å²) in [6, 6.07) is 3.11. The summed E-state index contributed by atoms with van der Waals surface area (Å²) in [5.41, 5.74) is 0.719. The SMILES string of the molecule is N=C1CC(=O)C(=O)c2cccnc21. The summed E-state index contributed by atoms with van der Waals surface area (Å²) in [4.78, 5) is 26.2. The molecule has 0 spiro atoms. The molecule has 1 aromatic rings. The Bertz CT molecular complexity index is 423. The molecule has 0 aromatic carbocycles. The second kappa shape index (κ2) is 2.58. The monoisotopic (exact) mass is 174 g/mol. The van der Waals surface area contributed by atoms with E-state index in [1.165, 1.54) is 12.3 Å². The summed E-state index contributed by atoms with van der Waals surface area (Å²) < 4.78 is 0. The van der Waals surface area contributed by atoms with Crippen molar-refractivity contribution in [3.63, 3.8) is 0 Å².